The van der Waals surface area contributed by atoms with Crippen molar-refractivity contribution in [2.45, 2.75) is 20.3 Å². The molecule has 0 spiro atoms. The molecule has 1 aliphatic carbocycles. The molecule has 0 heterocycles. The van der Waals surface area contributed by atoms with Crippen LogP contribution in [-0.2, 0) is 30.7 Å². The summed E-state index contributed by atoms with van der Waals surface area (Å²) in [5, 5.41) is 1.46. The van der Waals surface area contributed by atoms with Crippen LogP contribution in [-0.4, -0.2) is 3.21 Å². The van der Waals surface area contributed by atoms with Gasteiger partial charge < -0.3 is 24.8 Å². The Morgan fingerprint density at radius 2 is 1.58 bits per heavy atom. The van der Waals surface area contributed by atoms with E-state index in [0.29, 0.717) is 5.02 Å². The molecule has 0 saturated carbocycles. The molecular formula is C21H18Cl4Zr-2. The Morgan fingerprint density at radius 3 is 2.12 bits per heavy atom. The summed E-state index contributed by atoms with van der Waals surface area (Å²) in [5.41, 5.74) is 4.91. The molecule has 0 aliphatic heterocycles. The summed E-state index contributed by atoms with van der Waals surface area (Å²) < 4.78 is 1.51. The van der Waals surface area contributed by atoms with Crippen LogP contribution in [0.2, 0.25) is 10.0 Å². The van der Waals surface area contributed by atoms with E-state index in [1.807, 2.05) is 54.6 Å². The topological polar surface area (TPSA) is 0 Å². The minimum atomic E-state index is 0. The molecule has 136 valence electrons. The van der Waals surface area contributed by atoms with Gasteiger partial charge in [-0.3, -0.25) is 0 Å². The SMILES string of the molecule is C[C](C)=[Zr+2].Clc1[c-]c2c(cc1)-c1ccc(Cl)cc1C2.[Cl-].[Cl-].c1cc[cH-]c1. The van der Waals surface area contributed by atoms with Gasteiger partial charge in [0.15, 0.2) is 0 Å². The summed E-state index contributed by atoms with van der Waals surface area (Å²) in [6.45, 7) is 4.25. The van der Waals surface area contributed by atoms with E-state index >= 15 is 0 Å². The quantitative estimate of drug-likeness (QED) is 0.307. The van der Waals surface area contributed by atoms with Crippen LogP contribution in [0.4, 0.5) is 0 Å². The molecule has 1 aliphatic rings. The van der Waals surface area contributed by atoms with E-state index in [2.05, 4.69) is 26.0 Å². The molecule has 0 bridgehead atoms. The van der Waals surface area contributed by atoms with E-state index < -0.39 is 0 Å². The van der Waals surface area contributed by atoms with Gasteiger partial charge in [0.2, 0.25) is 0 Å². The third kappa shape index (κ3) is 8.16. The molecule has 3 aromatic rings. The molecule has 0 radical (unpaired) electrons. The van der Waals surface area contributed by atoms with E-state index in [1.54, 1.807) is 24.2 Å². The first kappa shape index (κ1) is 25.7. The molecular weight excluding hydrogens is 485 g/mol. The van der Waals surface area contributed by atoms with Crippen LogP contribution in [0.3, 0.4) is 0 Å². The largest absolute Gasteiger partial charge is 1.00 e. The molecule has 0 saturated heterocycles. The van der Waals surface area contributed by atoms with Gasteiger partial charge in [0.25, 0.3) is 0 Å². The molecule has 0 unspecified atom stereocenters. The van der Waals surface area contributed by atoms with E-state index in [9.17, 15) is 0 Å². The summed E-state index contributed by atoms with van der Waals surface area (Å²) in [4.78, 5) is 0. The average Bonchev–Trinajstić information content (AvgIpc) is 3.16. The van der Waals surface area contributed by atoms with Crippen LogP contribution in [0.5, 0.6) is 0 Å². The normalized spacial score (nSPS) is 9.77. The maximum atomic E-state index is 5.96. The second-order valence-corrected chi connectivity index (χ2v) is 8.94. The van der Waals surface area contributed by atoms with Crippen LogP contribution in [0.25, 0.3) is 11.1 Å². The number of rotatable bonds is 0. The summed E-state index contributed by atoms with van der Waals surface area (Å²) in [6.07, 6.45) is 0.881. The van der Waals surface area contributed by atoms with Crippen LogP contribution in [0.1, 0.15) is 25.0 Å². The van der Waals surface area contributed by atoms with Crippen molar-refractivity contribution in [2.75, 3.05) is 0 Å². The molecule has 26 heavy (non-hydrogen) atoms. The van der Waals surface area contributed by atoms with Crippen molar-refractivity contribution in [2.24, 2.45) is 0 Å². The molecule has 3 aromatic carbocycles. The van der Waals surface area contributed by atoms with Gasteiger partial charge >= 0.3 is 41.3 Å². The predicted molar refractivity (Wildman–Crippen MR) is 102 cm³/mol. The Hall–Kier alpha value is -0.297. The first-order chi connectivity index (χ1) is 11.5. The van der Waals surface area contributed by atoms with E-state index in [-0.39, 0.29) is 24.8 Å². The maximum absolute atomic E-state index is 5.96. The standard InChI is InChI=1S/C13H7Cl2.C5H5.C3H6.2ClH.Zr/c14-10-1-3-12-8(6-10)5-9-7-11(15)2-4-13(9)12;1-2-4-5-3-1;1-3-2;;;/h1-4,6H,5H2;1-5H;1-2H3;2*1H;/q2*-1;;;;+2/p-2. The fourth-order valence-electron chi connectivity index (χ4n) is 2.38. The summed E-state index contributed by atoms with van der Waals surface area (Å²) >= 11 is 13.4. The number of hydrogen-bond donors (Lipinski definition) is 0. The van der Waals surface area contributed by atoms with Crippen molar-refractivity contribution >= 4 is 26.4 Å². The van der Waals surface area contributed by atoms with Crippen LogP contribution >= 0.6 is 23.2 Å². The Balaban J connectivity index is 0.000000480. The van der Waals surface area contributed by atoms with E-state index in [4.69, 9.17) is 23.2 Å². The molecule has 0 amide bonds. The first-order valence-corrected chi connectivity index (χ1v) is 9.64. The summed E-state index contributed by atoms with van der Waals surface area (Å²) in [6, 6.07) is 23.1. The van der Waals surface area contributed by atoms with Gasteiger partial charge in [-0.2, -0.15) is 36.4 Å². The van der Waals surface area contributed by atoms with E-state index in [0.717, 1.165) is 11.4 Å². The van der Waals surface area contributed by atoms with Crippen molar-refractivity contribution in [3.63, 3.8) is 0 Å². The molecule has 0 N–H and O–H groups in total. The van der Waals surface area contributed by atoms with E-state index in [1.165, 1.54) is 25.5 Å². The Labute approximate surface area is 193 Å². The Bertz CT molecular complexity index is 740. The average molecular weight is 503 g/mol. The van der Waals surface area contributed by atoms with Crippen LogP contribution < -0.4 is 24.8 Å². The molecule has 0 nitrogen and oxygen atoms in total. The van der Waals surface area contributed by atoms with Gasteiger partial charge in [-0.05, 0) is 24.1 Å². The van der Waals surface area contributed by atoms with Crippen molar-refractivity contribution in [1.82, 2.24) is 0 Å². The molecule has 0 atom stereocenters. The fourth-order valence-corrected chi connectivity index (χ4v) is 2.76. The minimum absolute atomic E-state index is 0. The van der Waals surface area contributed by atoms with Crippen LogP contribution in [0.15, 0.2) is 60.7 Å². The molecule has 0 aromatic heterocycles. The number of fused-ring (bicyclic) bond motifs is 3. The number of halogens is 4. The third-order valence-corrected chi connectivity index (χ3v) is 3.73. The van der Waals surface area contributed by atoms with Gasteiger partial charge in [-0.15, -0.1) is 22.7 Å². The van der Waals surface area contributed by atoms with Gasteiger partial charge in [0.1, 0.15) is 0 Å². The summed E-state index contributed by atoms with van der Waals surface area (Å²) in [7, 11) is 0. The predicted octanol–water partition coefficient (Wildman–Crippen LogP) is 0.524. The second kappa shape index (κ2) is 13.0. The van der Waals surface area contributed by atoms with Gasteiger partial charge in [-0.25, -0.2) is 12.1 Å². The molecule has 5 heteroatoms. The molecule has 0 fully saturated rings. The second-order valence-electron chi connectivity index (χ2n) is 5.64. The zero-order valence-electron chi connectivity index (χ0n) is 14.5. The van der Waals surface area contributed by atoms with Crippen molar-refractivity contribution in [3.05, 3.63) is 87.9 Å². The Kier molecular flexibility index (Phi) is 12.8. The zero-order valence-corrected chi connectivity index (χ0v) is 20.0. The van der Waals surface area contributed by atoms with Crippen molar-refractivity contribution in [3.8, 4) is 11.1 Å². The minimum Gasteiger partial charge on any atom is -1.00 e. The maximum Gasteiger partial charge on any atom is 0.0408 e. The van der Waals surface area contributed by atoms with Gasteiger partial charge in [0.05, 0.1) is 0 Å². The Morgan fingerprint density at radius 1 is 1.00 bits per heavy atom. The fraction of sp³-hybridized carbons (Fsp3) is 0.143. The zero-order chi connectivity index (χ0) is 17.5. The molecule has 4 rings (SSSR count). The number of benzene rings is 2. The van der Waals surface area contributed by atoms with Crippen LogP contribution in [0, 0.1) is 6.07 Å². The van der Waals surface area contributed by atoms with Gasteiger partial charge in [0, 0.05) is 5.02 Å². The monoisotopic (exact) mass is 500 g/mol. The smallest absolute Gasteiger partial charge is 0.0408 e. The first-order valence-electron chi connectivity index (χ1n) is 7.65. The van der Waals surface area contributed by atoms with Gasteiger partial charge in [-0.1, -0.05) is 28.3 Å². The summed E-state index contributed by atoms with van der Waals surface area (Å²) in [5.74, 6) is 0. The third-order valence-electron chi connectivity index (χ3n) is 3.27. The number of hydrogen-bond acceptors (Lipinski definition) is 0. The van der Waals surface area contributed by atoms with Crippen molar-refractivity contribution in [1.29, 1.82) is 0 Å². The van der Waals surface area contributed by atoms with Crippen molar-refractivity contribution < 1.29 is 49.0 Å².